The van der Waals surface area contributed by atoms with Crippen LogP contribution in [0, 0.1) is 0 Å². The zero-order valence-corrected chi connectivity index (χ0v) is 28.2. The summed E-state index contributed by atoms with van der Waals surface area (Å²) in [7, 11) is 12.7. The number of ether oxygens (including phenoxy) is 12. The first-order chi connectivity index (χ1) is 22.0. The lowest BCUT2D eigenvalue weighted by atomic mass is 10.0. The summed E-state index contributed by atoms with van der Waals surface area (Å²) >= 11 is 0. The zero-order chi connectivity index (χ0) is 32.9. The summed E-state index contributed by atoms with van der Waals surface area (Å²) in [5, 5.41) is 0. The van der Waals surface area contributed by atoms with Crippen LogP contribution in [0.2, 0.25) is 0 Å². The Labute approximate surface area is 268 Å². The molecular formula is C33H52O12. The van der Waals surface area contributed by atoms with Gasteiger partial charge in [0.15, 0.2) is 73.2 Å². The second-order valence-corrected chi connectivity index (χ2v) is 10.0. The lowest BCUT2D eigenvalue weighted by Gasteiger charge is -2.21. The first-order valence-corrected chi connectivity index (χ1v) is 15.1. The predicted octanol–water partition coefficient (Wildman–Crippen LogP) is 6.17. The van der Waals surface area contributed by atoms with Crippen LogP contribution in [-0.4, -0.2) is 84.1 Å². The summed E-state index contributed by atoms with van der Waals surface area (Å²) in [6.45, 7) is 0.361. The first-order valence-electron chi connectivity index (χ1n) is 15.1. The standard InChI is InChI=1S/C33H52O12/c1-34-20-42-28-18-26(38-5)32(44-22-36-3)24(30(28)40-7)16-14-12-10-9-11-13-15-17-25-31(41-8)29(43-21-35-2)19-27(39-6)33(25)45-23-37-4/h18-19H,9-17,20-23H2,1-8H3. The fraction of sp³-hybridized carbons (Fsp3) is 0.636. The molecule has 0 fully saturated rings. The van der Waals surface area contributed by atoms with Gasteiger partial charge in [0.25, 0.3) is 0 Å². The number of rotatable bonds is 26. The van der Waals surface area contributed by atoms with Crippen molar-refractivity contribution in [3.63, 3.8) is 0 Å². The number of methoxy groups -OCH3 is 8. The van der Waals surface area contributed by atoms with Crippen LogP contribution in [0.25, 0.3) is 0 Å². The molecule has 0 saturated carbocycles. The second-order valence-electron chi connectivity index (χ2n) is 10.0. The molecule has 0 aliphatic rings. The van der Waals surface area contributed by atoms with Crippen molar-refractivity contribution in [2.75, 3.05) is 84.1 Å². The van der Waals surface area contributed by atoms with E-state index in [4.69, 9.17) is 56.8 Å². The van der Waals surface area contributed by atoms with Crippen LogP contribution in [0.15, 0.2) is 12.1 Å². The molecule has 256 valence electrons. The lowest BCUT2D eigenvalue weighted by molar-refractivity contribution is 0.0444. The molecule has 0 aliphatic heterocycles. The Morgan fingerprint density at radius 1 is 0.356 bits per heavy atom. The largest absolute Gasteiger partial charge is 0.493 e. The highest BCUT2D eigenvalue weighted by Gasteiger charge is 2.23. The van der Waals surface area contributed by atoms with Crippen molar-refractivity contribution < 1.29 is 56.8 Å². The number of benzene rings is 2. The Kier molecular flexibility index (Phi) is 18.7. The van der Waals surface area contributed by atoms with Gasteiger partial charge in [0.05, 0.1) is 28.4 Å². The van der Waals surface area contributed by atoms with Gasteiger partial charge in [0, 0.05) is 51.7 Å². The van der Waals surface area contributed by atoms with Gasteiger partial charge >= 0.3 is 0 Å². The van der Waals surface area contributed by atoms with Gasteiger partial charge in [-0.2, -0.15) is 0 Å². The molecule has 0 unspecified atom stereocenters. The van der Waals surface area contributed by atoms with Crippen molar-refractivity contribution in [3.05, 3.63) is 23.3 Å². The third-order valence-corrected chi connectivity index (χ3v) is 7.02. The van der Waals surface area contributed by atoms with E-state index in [9.17, 15) is 0 Å². The molecule has 2 rings (SSSR count). The summed E-state index contributed by atoms with van der Waals surface area (Å²) in [4.78, 5) is 0. The van der Waals surface area contributed by atoms with Gasteiger partial charge in [-0.15, -0.1) is 0 Å². The van der Waals surface area contributed by atoms with Gasteiger partial charge in [0.2, 0.25) is 0 Å². The first kappa shape index (κ1) is 37.9. The van der Waals surface area contributed by atoms with E-state index in [0.29, 0.717) is 46.0 Å². The van der Waals surface area contributed by atoms with Crippen molar-refractivity contribution >= 4 is 0 Å². The summed E-state index contributed by atoms with van der Waals surface area (Å²) in [6, 6.07) is 3.49. The molecule has 0 atom stereocenters. The van der Waals surface area contributed by atoms with Crippen LogP contribution in [0.4, 0.5) is 0 Å². The fourth-order valence-corrected chi connectivity index (χ4v) is 5.01. The minimum Gasteiger partial charge on any atom is -0.493 e. The summed E-state index contributed by atoms with van der Waals surface area (Å²) in [5.41, 5.74) is 1.76. The average Bonchev–Trinajstić information content (AvgIpc) is 3.06. The maximum absolute atomic E-state index is 5.90. The Hall–Kier alpha value is -3.32. The normalized spacial score (nSPS) is 10.8. The molecule has 0 heterocycles. The van der Waals surface area contributed by atoms with Gasteiger partial charge in [-0.25, -0.2) is 0 Å². The van der Waals surface area contributed by atoms with E-state index in [1.807, 2.05) is 0 Å². The molecule has 2 aromatic carbocycles. The zero-order valence-electron chi connectivity index (χ0n) is 28.2. The number of hydrogen-bond donors (Lipinski definition) is 0. The van der Waals surface area contributed by atoms with Gasteiger partial charge in [-0.05, 0) is 25.7 Å². The maximum atomic E-state index is 5.90. The molecule has 12 heteroatoms. The van der Waals surface area contributed by atoms with Crippen LogP contribution >= 0.6 is 0 Å². The smallest absolute Gasteiger partial charge is 0.188 e. The third-order valence-electron chi connectivity index (χ3n) is 7.02. The molecule has 0 radical (unpaired) electrons. The van der Waals surface area contributed by atoms with Gasteiger partial charge in [-0.1, -0.05) is 32.1 Å². The molecule has 12 nitrogen and oxygen atoms in total. The van der Waals surface area contributed by atoms with Crippen LogP contribution in [0.5, 0.6) is 46.0 Å². The third kappa shape index (κ3) is 11.5. The predicted molar refractivity (Wildman–Crippen MR) is 169 cm³/mol. The van der Waals surface area contributed by atoms with Crippen LogP contribution in [-0.2, 0) is 31.8 Å². The summed E-state index contributed by atoms with van der Waals surface area (Å²) < 4.78 is 66.5. The Morgan fingerprint density at radius 2 is 0.689 bits per heavy atom. The molecule has 2 aromatic rings. The molecule has 0 saturated heterocycles. The molecular weight excluding hydrogens is 588 g/mol. The number of unbranched alkanes of at least 4 members (excludes halogenated alkanes) is 6. The van der Waals surface area contributed by atoms with Crippen LogP contribution < -0.4 is 37.9 Å². The average molecular weight is 641 g/mol. The van der Waals surface area contributed by atoms with Gasteiger partial charge in [-0.3, -0.25) is 0 Å². The fourth-order valence-electron chi connectivity index (χ4n) is 5.01. The van der Waals surface area contributed by atoms with E-state index in [1.54, 1.807) is 69.0 Å². The summed E-state index contributed by atoms with van der Waals surface area (Å²) in [5.74, 6) is 4.59. The minimum atomic E-state index is 0.0894. The van der Waals surface area contributed by atoms with E-state index in [1.165, 1.54) is 0 Å². The highest BCUT2D eigenvalue weighted by molar-refractivity contribution is 5.62. The molecule has 0 bridgehead atoms. The number of hydrogen-bond acceptors (Lipinski definition) is 12. The Balaban J connectivity index is 1.98. The van der Waals surface area contributed by atoms with E-state index in [-0.39, 0.29) is 27.2 Å². The molecule has 0 aliphatic carbocycles. The monoisotopic (exact) mass is 640 g/mol. The van der Waals surface area contributed by atoms with Crippen molar-refractivity contribution in [3.8, 4) is 46.0 Å². The lowest BCUT2D eigenvalue weighted by Crippen LogP contribution is -2.08. The van der Waals surface area contributed by atoms with Crippen LogP contribution in [0.3, 0.4) is 0 Å². The molecule has 0 N–H and O–H groups in total. The van der Waals surface area contributed by atoms with E-state index in [2.05, 4.69) is 0 Å². The van der Waals surface area contributed by atoms with Gasteiger partial charge < -0.3 is 56.8 Å². The van der Waals surface area contributed by atoms with Crippen molar-refractivity contribution in [2.45, 2.75) is 57.8 Å². The van der Waals surface area contributed by atoms with Crippen molar-refractivity contribution in [2.24, 2.45) is 0 Å². The van der Waals surface area contributed by atoms with Crippen molar-refractivity contribution in [1.82, 2.24) is 0 Å². The highest BCUT2D eigenvalue weighted by atomic mass is 16.7. The van der Waals surface area contributed by atoms with Gasteiger partial charge in [0.1, 0.15) is 0 Å². The van der Waals surface area contributed by atoms with E-state index < -0.39 is 0 Å². The SMILES string of the molecule is COCOc1cc(OC)c(OCOC)c(CCCCCCCCCc2c(OC)c(OCOC)cc(OC)c2OCOC)c1OC. The molecule has 0 spiro atoms. The van der Waals surface area contributed by atoms with Crippen LogP contribution in [0.1, 0.15) is 56.1 Å². The topological polar surface area (TPSA) is 111 Å². The van der Waals surface area contributed by atoms with E-state index in [0.717, 1.165) is 68.9 Å². The molecule has 0 aromatic heterocycles. The second kappa shape index (κ2) is 22.2. The quantitative estimate of drug-likeness (QED) is 0.0866. The Morgan fingerprint density at radius 3 is 1.00 bits per heavy atom. The minimum absolute atomic E-state index is 0.0894. The van der Waals surface area contributed by atoms with E-state index >= 15 is 0 Å². The Bertz CT molecular complexity index is 1020. The maximum Gasteiger partial charge on any atom is 0.188 e. The molecule has 45 heavy (non-hydrogen) atoms. The summed E-state index contributed by atoms with van der Waals surface area (Å²) in [6.07, 6.45) is 8.79. The van der Waals surface area contributed by atoms with Crippen molar-refractivity contribution in [1.29, 1.82) is 0 Å². The molecule has 0 amide bonds. The highest BCUT2D eigenvalue weighted by Crippen LogP contribution is 2.47.